The normalized spacial score (nSPS) is 10.3. The molecule has 0 radical (unpaired) electrons. The molecule has 26 heavy (non-hydrogen) atoms. The van der Waals surface area contributed by atoms with Crippen molar-refractivity contribution in [2.75, 3.05) is 11.9 Å². The summed E-state index contributed by atoms with van der Waals surface area (Å²) in [5, 5.41) is 24.6. The molecule has 0 saturated carbocycles. The summed E-state index contributed by atoms with van der Waals surface area (Å²) < 4.78 is 6.77. The van der Waals surface area contributed by atoms with Gasteiger partial charge in [-0.15, -0.1) is 5.10 Å². The van der Waals surface area contributed by atoms with Crippen LogP contribution in [0.25, 0.3) is 5.69 Å². The van der Waals surface area contributed by atoms with Gasteiger partial charge >= 0.3 is 5.69 Å². The number of nitro benzene ring substituents is 1. The van der Waals surface area contributed by atoms with E-state index in [2.05, 4.69) is 20.8 Å². The summed E-state index contributed by atoms with van der Waals surface area (Å²) in [5.74, 6) is -0.393. The lowest BCUT2D eigenvalue weighted by molar-refractivity contribution is -0.385. The molecule has 10 nitrogen and oxygen atoms in total. The molecule has 3 aromatic rings. The first-order chi connectivity index (χ1) is 12.5. The van der Waals surface area contributed by atoms with Crippen molar-refractivity contribution in [3.05, 3.63) is 64.5 Å². The zero-order valence-electron chi connectivity index (χ0n) is 13.7. The number of amides is 1. The number of nitrogens with one attached hydrogen (secondary N) is 1. The Bertz CT molecular complexity index is 942. The molecule has 10 heteroatoms. The van der Waals surface area contributed by atoms with Crippen molar-refractivity contribution in [1.29, 1.82) is 0 Å². The number of anilines is 1. The lowest BCUT2D eigenvalue weighted by Gasteiger charge is -2.10. The van der Waals surface area contributed by atoms with Crippen molar-refractivity contribution < 1.29 is 14.5 Å². The first-order valence-corrected chi connectivity index (χ1v) is 7.54. The highest BCUT2D eigenvalue weighted by Gasteiger charge is 2.15. The topological polar surface area (TPSA) is 125 Å². The Labute approximate surface area is 147 Å². The molecule has 0 fully saturated rings. The lowest BCUT2D eigenvalue weighted by Crippen LogP contribution is -2.20. The molecule has 1 N–H and O–H groups in total. The van der Waals surface area contributed by atoms with Gasteiger partial charge in [0.2, 0.25) is 0 Å². The minimum atomic E-state index is -0.561. The number of hydrogen-bond acceptors (Lipinski definition) is 7. The zero-order chi connectivity index (χ0) is 18.5. The first kappa shape index (κ1) is 17.0. The van der Waals surface area contributed by atoms with Crippen LogP contribution >= 0.6 is 0 Å². The Hall–Kier alpha value is -3.82. The maximum Gasteiger partial charge on any atom is 0.310 e. The highest BCUT2D eigenvalue weighted by atomic mass is 16.6. The molecule has 1 heterocycles. The first-order valence-electron chi connectivity index (χ1n) is 7.54. The Kier molecular flexibility index (Phi) is 4.83. The quantitative estimate of drug-likeness (QED) is 0.529. The largest absolute Gasteiger partial charge is 0.477 e. The summed E-state index contributed by atoms with van der Waals surface area (Å²) in [6.45, 7) is 1.51. The van der Waals surface area contributed by atoms with Crippen LogP contribution in [0, 0.1) is 17.0 Å². The molecule has 0 atom stereocenters. The van der Waals surface area contributed by atoms with Crippen molar-refractivity contribution in [2.24, 2.45) is 0 Å². The molecular weight excluding hydrogens is 340 g/mol. The summed E-state index contributed by atoms with van der Waals surface area (Å²) in [7, 11) is 0. The van der Waals surface area contributed by atoms with E-state index >= 15 is 0 Å². The number of ether oxygens (including phenoxy) is 1. The highest BCUT2D eigenvalue weighted by Crippen LogP contribution is 2.25. The lowest BCUT2D eigenvalue weighted by atomic mass is 10.2. The number of nitrogens with zero attached hydrogens (tertiary/aromatic N) is 5. The van der Waals surface area contributed by atoms with Crippen molar-refractivity contribution in [2.45, 2.75) is 6.92 Å². The number of nitro groups is 1. The average Bonchev–Trinajstić information content (AvgIpc) is 3.14. The third-order valence-corrected chi connectivity index (χ3v) is 3.50. The van der Waals surface area contributed by atoms with Crippen molar-refractivity contribution in [3.63, 3.8) is 0 Å². The van der Waals surface area contributed by atoms with Crippen molar-refractivity contribution >= 4 is 17.3 Å². The Morgan fingerprint density at radius 2 is 2.12 bits per heavy atom. The standard InChI is InChI=1S/C16H14N6O4/c1-11-8-12(6-7-13(11)21-10-17-19-20-21)18-16(23)9-26-15-5-3-2-4-14(15)22(24)25/h2-8,10H,9H2,1H3,(H,18,23). The molecule has 0 unspecified atom stereocenters. The Balaban J connectivity index is 1.64. The van der Waals surface area contributed by atoms with Gasteiger partial charge in [0.25, 0.3) is 5.91 Å². The SMILES string of the molecule is Cc1cc(NC(=O)COc2ccccc2[N+](=O)[O-])ccc1-n1cnnn1. The van der Waals surface area contributed by atoms with Gasteiger partial charge in [0.15, 0.2) is 12.4 Å². The fourth-order valence-corrected chi connectivity index (χ4v) is 2.33. The van der Waals surface area contributed by atoms with E-state index in [4.69, 9.17) is 4.74 Å². The second-order valence-corrected chi connectivity index (χ2v) is 5.32. The number of tetrazole rings is 1. The Morgan fingerprint density at radius 3 is 2.81 bits per heavy atom. The van der Waals surface area contributed by atoms with E-state index in [1.807, 2.05) is 6.92 Å². The molecule has 0 aliphatic carbocycles. The molecule has 3 rings (SSSR count). The van der Waals surface area contributed by atoms with E-state index < -0.39 is 10.8 Å². The highest BCUT2D eigenvalue weighted by molar-refractivity contribution is 5.92. The zero-order valence-corrected chi connectivity index (χ0v) is 13.7. The van der Waals surface area contributed by atoms with Crippen LogP contribution in [-0.4, -0.2) is 37.6 Å². The van der Waals surface area contributed by atoms with Crippen LogP contribution in [0.3, 0.4) is 0 Å². The number of para-hydroxylation sites is 2. The van der Waals surface area contributed by atoms with Gasteiger partial charge in [-0.1, -0.05) is 12.1 Å². The Morgan fingerprint density at radius 1 is 1.31 bits per heavy atom. The average molecular weight is 354 g/mol. The number of carbonyl (C=O) groups is 1. The number of rotatable bonds is 6. The second kappa shape index (κ2) is 7.38. The van der Waals surface area contributed by atoms with E-state index in [-0.39, 0.29) is 18.0 Å². The maximum atomic E-state index is 12.0. The van der Waals surface area contributed by atoms with Crippen molar-refractivity contribution in [3.8, 4) is 11.4 Å². The summed E-state index contributed by atoms with van der Waals surface area (Å²) >= 11 is 0. The number of carbonyl (C=O) groups excluding carboxylic acids is 1. The number of hydrogen-bond donors (Lipinski definition) is 1. The van der Waals surface area contributed by atoms with Crippen LogP contribution in [-0.2, 0) is 4.79 Å². The van der Waals surface area contributed by atoms with Crippen LogP contribution in [0.4, 0.5) is 11.4 Å². The summed E-state index contributed by atoms with van der Waals surface area (Å²) in [5.41, 5.74) is 2.01. The molecule has 0 bridgehead atoms. The van der Waals surface area contributed by atoms with Gasteiger partial charge in [-0.25, -0.2) is 4.68 Å². The fourth-order valence-electron chi connectivity index (χ4n) is 2.33. The molecule has 0 spiro atoms. The molecule has 2 aromatic carbocycles. The molecule has 0 saturated heterocycles. The van der Waals surface area contributed by atoms with Gasteiger partial charge in [0.1, 0.15) is 6.33 Å². The van der Waals surface area contributed by atoms with Gasteiger partial charge in [-0.2, -0.15) is 0 Å². The molecule has 0 aliphatic heterocycles. The van der Waals surface area contributed by atoms with E-state index in [1.54, 1.807) is 24.3 Å². The van der Waals surface area contributed by atoms with E-state index in [9.17, 15) is 14.9 Å². The van der Waals surface area contributed by atoms with Gasteiger partial charge in [-0.3, -0.25) is 14.9 Å². The maximum absolute atomic E-state index is 12.0. The smallest absolute Gasteiger partial charge is 0.310 e. The van der Waals surface area contributed by atoms with E-state index in [0.717, 1.165) is 11.3 Å². The fraction of sp³-hybridized carbons (Fsp3) is 0.125. The van der Waals surface area contributed by atoms with Crippen LogP contribution in [0.5, 0.6) is 5.75 Å². The monoisotopic (exact) mass is 354 g/mol. The number of benzene rings is 2. The van der Waals surface area contributed by atoms with Crippen molar-refractivity contribution in [1.82, 2.24) is 20.2 Å². The van der Waals surface area contributed by atoms with Gasteiger partial charge in [0.05, 0.1) is 10.6 Å². The molecule has 1 aromatic heterocycles. The predicted molar refractivity (Wildman–Crippen MR) is 91.1 cm³/mol. The minimum Gasteiger partial charge on any atom is -0.477 e. The summed E-state index contributed by atoms with van der Waals surface area (Å²) in [6.07, 6.45) is 1.47. The number of aromatic nitrogens is 4. The summed E-state index contributed by atoms with van der Waals surface area (Å²) in [6, 6.07) is 11.1. The van der Waals surface area contributed by atoms with E-state index in [0.29, 0.717) is 5.69 Å². The van der Waals surface area contributed by atoms with E-state index in [1.165, 1.54) is 29.2 Å². The van der Waals surface area contributed by atoms with Crippen LogP contribution in [0.1, 0.15) is 5.56 Å². The van der Waals surface area contributed by atoms with Gasteiger partial charge in [0, 0.05) is 11.8 Å². The third kappa shape index (κ3) is 3.80. The van der Waals surface area contributed by atoms with Gasteiger partial charge in [-0.05, 0) is 47.2 Å². The molecule has 132 valence electrons. The van der Waals surface area contributed by atoms with Crippen LogP contribution in [0.2, 0.25) is 0 Å². The third-order valence-electron chi connectivity index (χ3n) is 3.50. The molecule has 1 amide bonds. The number of aryl methyl sites for hydroxylation is 1. The van der Waals surface area contributed by atoms with Gasteiger partial charge < -0.3 is 10.1 Å². The minimum absolute atomic E-state index is 0.0397. The second-order valence-electron chi connectivity index (χ2n) is 5.32. The molecular formula is C16H14N6O4. The van der Waals surface area contributed by atoms with Crippen LogP contribution < -0.4 is 10.1 Å². The van der Waals surface area contributed by atoms with Crippen LogP contribution in [0.15, 0.2) is 48.8 Å². The summed E-state index contributed by atoms with van der Waals surface area (Å²) in [4.78, 5) is 22.4. The molecule has 0 aliphatic rings. The predicted octanol–water partition coefficient (Wildman–Crippen LogP) is 1.90.